The maximum atomic E-state index is 13.0. The van der Waals surface area contributed by atoms with Crippen LogP contribution in [0.5, 0.6) is 0 Å². The molecule has 6 heteroatoms. The molecular weight excluding hydrogens is 324 g/mol. The molecule has 0 saturated heterocycles. The van der Waals surface area contributed by atoms with Crippen LogP contribution in [-0.2, 0) is 0 Å². The SMILES string of the molecule is Nc1nc(-c2ccc(F)cc2)cc(-c2ccc(Cl)c(Cl)c2)n1. The highest BCUT2D eigenvalue weighted by molar-refractivity contribution is 6.42. The number of rotatable bonds is 2. The topological polar surface area (TPSA) is 51.8 Å². The van der Waals surface area contributed by atoms with Crippen LogP contribution in [0.25, 0.3) is 22.5 Å². The largest absolute Gasteiger partial charge is 0.368 e. The average Bonchev–Trinajstić information content (AvgIpc) is 2.50. The molecular formula is C16H10Cl2FN3. The van der Waals surface area contributed by atoms with Crippen molar-refractivity contribution in [1.82, 2.24) is 9.97 Å². The first-order valence-electron chi connectivity index (χ1n) is 6.39. The van der Waals surface area contributed by atoms with Gasteiger partial charge >= 0.3 is 0 Å². The van der Waals surface area contributed by atoms with E-state index in [0.29, 0.717) is 21.4 Å². The van der Waals surface area contributed by atoms with Crippen LogP contribution in [0.15, 0.2) is 48.5 Å². The lowest BCUT2D eigenvalue weighted by Gasteiger charge is -2.07. The fourth-order valence-corrected chi connectivity index (χ4v) is 2.34. The molecule has 3 nitrogen and oxygen atoms in total. The summed E-state index contributed by atoms with van der Waals surface area (Å²) in [6, 6.07) is 13.0. The summed E-state index contributed by atoms with van der Waals surface area (Å²) in [4.78, 5) is 8.39. The number of anilines is 1. The standard InChI is InChI=1S/C16H10Cl2FN3/c17-12-6-3-10(7-13(12)18)15-8-14(21-16(20)22-15)9-1-4-11(19)5-2-9/h1-8H,(H2,20,21,22). The van der Waals surface area contributed by atoms with Gasteiger partial charge in [-0.05, 0) is 42.5 Å². The molecule has 0 fully saturated rings. The van der Waals surface area contributed by atoms with Gasteiger partial charge in [0.2, 0.25) is 5.95 Å². The van der Waals surface area contributed by atoms with Gasteiger partial charge in [0.1, 0.15) is 5.82 Å². The Morgan fingerprint density at radius 1 is 0.773 bits per heavy atom. The van der Waals surface area contributed by atoms with Gasteiger partial charge in [-0.25, -0.2) is 14.4 Å². The second-order valence-corrected chi connectivity index (χ2v) is 5.45. The van der Waals surface area contributed by atoms with Gasteiger partial charge in [-0.15, -0.1) is 0 Å². The Bertz CT molecular complexity index is 835. The van der Waals surface area contributed by atoms with Gasteiger partial charge in [-0.2, -0.15) is 0 Å². The van der Waals surface area contributed by atoms with Crippen molar-refractivity contribution >= 4 is 29.2 Å². The van der Waals surface area contributed by atoms with E-state index in [2.05, 4.69) is 9.97 Å². The van der Waals surface area contributed by atoms with Gasteiger partial charge in [0, 0.05) is 11.1 Å². The molecule has 0 aliphatic rings. The molecule has 2 N–H and O–H groups in total. The van der Waals surface area contributed by atoms with Crippen LogP contribution in [0.3, 0.4) is 0 Å². The quantitative estimate of drug-likeness (QED) is 0.730. The molecule has 3 rings (SSSR count). The number of nitrogens with two attached hydrogens (primary N) is 1. The molecule has 0 radical (unpaired) electrons. The zero-order valence-corrected chi connectivity index (χ0v) is 12.7. The Labute approximate surface area is 136 Å². The van der Waals surface area contributed by atoms with Crippen molar-refractivity contribution in [2.24, 2.45) is 0 Å². The third-order valence-corrected chi connectivity index (χ3v) is 3.84. The van der Waals surface area contributed by atoms with E-state index in [1.807, 2.05) is 0 Å². The van der Waals surface area contributed by atoms with Crippen molar-refractivity contribution in [2.45, 2.75) is 0 Å². The summed E-state index contributed by atoms with van der Waals surface area (Å²) < 4.78 is 13.0. The van der Waals surface area contributed by atoms with Crippen LogP contribution in [-0.4, -0.2) is 9.97 Å². The van der Waals surface area contributed by atoms with E-state index in [-0.39, 0.29) is 11.8 Å². The van der Waals surface area contributed by atoms with Gasteiger partial charge in [0.05, 0.1) is 21.4 Å². The third kappa shape index (κ3) is 3.03. The second-order valence-electron chi connectivity index (χ2n) is 4.63. The molecule has 3 aromatic rings. The van der Waals surface area contributed by atoms with Gasteiger partial charge in [-0.1, -0.05) is 29.3 Å². The molecule has 0 amide bonds. The molecule has 0 spiro atoms. The maximum absolute atomic E-state index is 13.0. The predicted molar refractivity (Wildman–Crippen MR) is 87.3 cm³/mol. The summed E-state index contributed by atoms with van der Waals surface area (Å²) in [5.41, 5.74) is 8.52. The minimum atomic E-state index is -0.310. The van der Waals surface area contributed by atoms with Crippen LogP contribution in [0, 0.1) is 5.82 Å². The Morgan fingerprint density at radius 3 is 2.00 bits per heavy atom. The highest BCUT2D eigenvalue weighted by Gasteiger charge is 2.09. The molecule has 0 aliphatic carbocycles. The van der Waals surface area contributed by atoms with Gasteiger partial charge < -0.3 is 5.73 Å². The van der Waals surface area contributed by atoms with E-state index in [1.54, 1.807) is 36.4 Å². The highest BCUT2D eigenvalue weighted by atomic mass is 35.5. The lowest BCUT2D eigenvalue weighted by atomic mass is 10.1. The van der Waals surface area contributed by atoms with Crippen LogP contribution in [0.2, 0.25) is 10.0 Å². The first-order valence-corrected chi connectivity index (χ1v) is 7.14. The Hall–Kier alpha value is -2.17. The van der Waals surface area contributed by atoms with Crippen LogP contribution < -0.4 is 5.73 Å². The molecule has 22 heavy (non-hydrogen) atoms. The van der Waals surface area contributed by atoms with E-state index < -0.39 is 0 Å². The number of nitrogens with zero attached hydrogens (tertiary/aromatic N) is 2. The van der Waals surface area contributed by atoms with E-state index >= 15 is 0 Å². The number of hydrogen-bond acceptors (Lipinski definition) is 3. The highest BCUT2D eigenvalue weighted by Crippen LogP contribution is 2.29. The maximum Gasteiger partial charge on any atom is 0.221 e. The number of hydrogen-bond donors (Lipinski definition) is 1. The van der Waals surface area contributed by atoms with E-state index in [1.165, 1.54) is 12.1 Å². The normalized spacial score (nSPS) is 10.7. The zero-order chi connectivity index (χ0) is 15.7. The molecule has 0 unspecified atom stereocenters. The molecule has 0 atom stereocenters. The van der Waals surface area contributed by atoms with Gasteiger partial charge in [0.25, 0.3) is 0 Å². The van der Waals surface area contributed by atoms with E-state index in [0.717, 1.165) is 11.1 Å². The summed E-state index contributed by atoms with van der Waals surface area (Å²) in [5, 5.41) is 0.894. The molecule has 1 aromatic heterocycles. The number of halogens is 3. The van der Waals surface area contributed by atoms with Crippen LogP contribution in [0.4, 0.5) is 10.3 Å². The third-order valence-electron chi connectivity index (χ3n) is 3.10. The fourth-order valence-electron chi connectivity index (χ4n) is 2.04. The lowest BCUT2D eigenvalue weighted by Crippen LogP contribution is -1.98. The van der Waals surface area contributed by atoms with Crippen molar-refractivity contribution < 1.29 is 4.39 Å². The molecule has 1 heterocycles. The fraction of sp³-hybridized carbons (Fsp3) is 0. The Balaban J connectivity index is 2.09. The van der Waals surface area contributed by atoms with Crippen LogP contribution >= 0.6 is 23.2 Å². The monoisotopic (exact) mass is 333 g/mol. The smallest absolute Gasteiger partial charge is 0.221 e. The molecule has 0 aliphatic heterocycles. The minimum absolute atomic E-state index is 0.128. The van der Waals surface area contributed by atoms with E-state index in [4.69, 9.17) is 28.9 Å². The lowest BCUT2D eigenvalue weighted by molar-refractivity contribution is 0.628. The van der Waals surface area contributed by atoms with Crippen molar-refractivity contribution in [3.8, 4) is 22.5 Å². The van der Waals surface area contributed by atoms with E-state index in [9.17, 15) is 4.39 Å². The summed E-state index contributed by atoms with van der Waals surface area (Å²) in [5.74, 6) is -0.182. The Kier molecular flexibility index (Phi) is 3.96. The van der Waals surface area contributed by atoms with Gasteiger partial charge in [-0.3, -0.25) is 0 Å². The minimum Gasteiger partial charge on any atom is -0.368 e. The zero-order valence-electron chi connectivity index (χ0n) is 11.2. The summed E-state index contributed by atoms with van der Waals surface area (Å²) >= 11 is 11.9. The Morgan fingerprint density at radius 2 is 1.36 bits per heavy atom. The molecule has 110 valence electrons. The average molecular weight is 334 g/mol. The summed E-state index contributed by atoms with van der Waals surface area (Å²) in [6.45, 7) is 0. The second kappa shape index (κ2) is 5.91. The number of aromatic nitrogens is 2. The number of benzene rings is 2. The molecule has 0 bridgehead atoms. The predicted octanol–water partition coefficient (Wildman–Crippen LogP) is 4.84. The number of nitrogen functional groups attached to an aromatic ring is 1. The van der Waals surface area contributed by atoms with Crippen molar-refractivity contribution in [1.29, 1.82) is 0 Å². The first-order chi connectivity index (χ1) is 10.5. The summed E-state index contributed by atoms with van der Waals surface area (Å²) in [7, 11) is 0. The van der Waals surface area contributed by atoms with Crippen molar-refractivity contribution in [2.75, 3.05) is 5.73 Å². The molecule has 2 aromatic carbocycles. The van der Waals surface area contributed by atoms with Gasteiger partial charge in [0.15, 0.2) is 0 Å². The van der Waals surface area contributed by atoms with Crippen LogP contribution in [0.1, 0.15) is 0 Å². The van der Waals surface area contributed by atoms with Crippen molar-refractivity contribution in [3.63, 3.8) is 0 Å². The first kappa shape index (κ1) is 14.8. The van der Waals surface area contributed by atoms with Crippen molar-refractivity contribution in [3.05, 3.63) is 64.4 Å². The molecule has 0 saturated carbocycles. The summed E-state index contributed by atoms with van der Waals surface area (Å²) in [6.07, 6.45) is 0.